The van der Waals surface area contributed by atoms with E-state index in [1.54, 1.807) is 0 Å². The number of fused-ring (bicyclic) bond motifs is 9. The van der Waals surface area contributed by atoms with Crippen molar-refractivity contribution in [3.63, 3.8) is 0 Å². The largest absolute Gasteiger partial charge is 0.309 e. The summed E-state index contributed by atoms with van der Waals surface area (Å²) >= 11 is 0. The van der Waals surface area contributed by atoms with Gasteiger partial charge in [-0.15, -0.1) is 0 Å². The SMILES string of the molecule is c1ccc(-c2cccc(-n3c4ccccc4c4cc(-c5ccc6c(c5)c5ccccc5n6-c5cccc(-n6c7ccccc7c7ccccc76)c5)ccc43)c2)cc1. The van der Waals surface area contributed by atoms with Crippen molar-refractivity contribution in [2.24, 2.45) is 0 Å². The molecule has 0 bridgehead atoms. The third-order valence-corrected chi connectivity index (χ3v) is 11.8. The monoisotopic (exact) mass is 725 g/mol. The molecule has 12 aromatic rings. The molecule has 57 heavy (non-hydrogen) atoms. The number of hydrogen-bond acceptors (Lipinski definition) is 0. The summed E-state index contributed by atoms with van der Waals surface area (Å²) in [7, 11) is 0. The number of benzene rings is 9. The van der Waals surface area contributed by atoms with Crippen LogP contribution in [0.25, 0.3) is 105 Å². The fourth-order valence-electron chi connectivity index (χ4n) is 9.29. The average molecular weight is 726 g/mol. The fourth-order valence-corrected chi connectivity index (χ4v) is 9.29. The van der Waals surface area contributed by atoms with Crippen LogP contribution in [0.4, 0.5) is 0 Å². The number of rotatable bonds is 5. The minimum atomic E-state index is 1.14. The van der Waals surface area contributed by atoms with Gasteiger partial charge in [0.15, 0.2) is 0 Å². The molecule has 0 unspecified atom stereocenters. The molecule has 0 atom stereocenters. The van der Waals surface area contributed by atoms with Gasteiger partial charge in [-0.2, -0.15) is 0 Å². The van der Waals surface area contributed by atoms with E-state index in [4.69, 9.17) is 0 Å². The molecule has 0 aliphatic rings. The minimum Gasteiger partial charge on any atom is -0.309 e. The van der Waals surface area contributed by atoms with Crippen LogP contribution in [-0.4, -0.2) is 13.7 Å². The van der Waals surface area contributed by atoms with Gasteiger partial charge in [-0.1, -0.05) is 133 Å². The maximum atomic E-state index is 2.42. The van der Waals surface area contributed by atoms with Crippen molar-refractivity contribution < 1.29 is 0 Å². The smallest absolute Gasteiger partial charge is 0.0541 e. The average Bonchev–Trinajstić information content (AvgIpc) is 3.92. The molecule has 12 rings (SSSR count). The van der Waals surface area contributed by atoms with Crippen LogP contribution in [0.3, 0.4) is 0 Å². The number of para-hydroxylation sites is 4. The maximum absolute atomic E-state index is 2.42. The molecule has 0 aliphatic heterocycles. The Kier molecular flexibility index (Phi) is 6.93. The van der Waals surface area contributed by atoms with E-state index in [9.17, 15) is 0 Å². The van der Waals surface area contributed by atoms with Gasteiger partial charge < -0.3 is 13.7 Å². The molecule has 3 heteroatoms. The highest BCUT2D eigenvalue weighted by molar-refractivity contribution is 6.13. The lowest BCUT2D eigenvalue weighted by Gasteiger charge is -2.13. The summed E-state index contributed by atoms with van der Waals surface area (Å²) in [4.78, 5) is 0. The summed E-state index contributed by atoms with van der Waals surface area (Å²) in [6.45, 7) is 0. The van der Waals surface area contributed by atoms with E-state index >= 15 is 0 Å². The van der Waals surface area contributed by atoms with Crippen molar-refractivity contribution in [2.45, 2.75) is 0 Å². The van der Waals surface area contributed by atoms with Crippen molar-refractivity contribution in [3.05, 3.63) is 212 Å². The zero-order valence-corrected chi connectivity index (χ0v) is 31.0. The van der Waals surface area contributed by atoms with Crippen LogP contribution in [0.2, 0.25) is 0 Å². The zero-order valence-electron chi connectivity index (χ0n) is 31.0. The molecule has 0 saturated heterocycles. The van der Waals surface area contributed by atoms with E-state index in [2.05, 4.69) is 226 Å². The molecular formula is C54H35N3. The number of nitrogens with zero attached hydrogens (tertiary/aromatic N) is 3. The van der Waals surface area contributed by atoms with E-state index in [0.29, 0.717) is 0 Å². The highest BCUT2D eigenvalue weighted by Crippen LogP contribution is 2.39. The minimum absolute atomic E-state index is 1.14. The Morgan fingerprint density at radius 3 is 1.00 bits per heavy atom. The van der Waals surface area contributed by atoms with Crippen LogP contribution in [0.1, 0.15) is 0 Å². The van der Waals surface area contributed by atoms with Gasteiger partial charge in [-0.05, 0) is 101 Å². The zero-order chi connectivity index (χ0) is 37.5. The van der Waals surface area contributed by atoms with Crippen molar-refractivity contribution in [1.82, 2.24) is 13.7 Å². The third-order valence-electron chi connectivity index (χ3n) is 11.8. The van der Waals surface area contributed by atoms with Crippen molar-refractivity contribution >= 4 is 65.4 Å². The molecule has 3 nitrogen and oxygen atoms in total. The van der Waals surface area contributed by atoms with Crippen molar-refractivity contribution in [3.8, 4) is 39.3 Å². The second-order valence-corrected chi connectivity index (χ2v) is 15.0. The molecule has 0 amide bonds. The molecule has 3 aromatic heterocycles. The van der Waals surface area contributed by atoms with Gasteiger partial charge in [0.05, 0.1) is 33.1 Å². The van der Waals surface area contributed by atoms with Crippen LogP contribution in [0.5, 0.6) is 0 Å². The van der Waals surface area contributed by atoms with Crippen molar-refractivity contribution in [1.29, 1.82) is 0 Å². The van der Waals surface area contributed by atoms with Gasteiger partial charge in [0.2, 0.25) is 0 Å². The lowest BCUT2D eigenvalue weighted by molar-refractivity contribution is 1.13. The molecule has 0 radical (unpaired) electrons. The summed E-state index contributed by atoms with van der Waals surface area (Å²) in [5, 5.41) is 7.52. The molecule has 0 aliphatic carbocycles. The van der Waals surface area contributed by atoms with Crippen LogP contribution >= 0.6 is 0 Å². The van der Waals surface area contributed by atoms with Gasteiger partial charge in [-0.3, -0.25) is 0 Å². The Labute approximate surface area is 329 Å². The highest BCUT2D eigenvalue weighted by atomic mass is 15.0. The fraction of sp³-hybridized carbons (Fsp3) is 0. The second kappa shape index (κ2) is 12.5. The first-order valence-corrected chi connectivity index (χ1v) is 19.6. The van der Waals surface area contributed by atoms with E-state index in [0.717, 1.165) is 17.1 Å². The summed E-state index contributed by atoms with van der Waals surface area (Å²) in [5.41, 5.74) is 15.5. The van der Waals surface area contributed by atoms with E-state index in [1.165, 1.54) is 87.7 Å². The summed E-state index contributed by atoms with van der Waals surface area (Å²) in [5.74, 6) is 0. The van der Waals surface area contributed by atoms with Crippen LogP contribution in [0.15, 0.2) is 212 Å². The Balaban J connectivity index is 1.00. The molecule has 266 valence electrons. The molecule has 0 fully saturated rings. The van der Waals surface area contributed by atoms with E-state index in [1.807, 2.05) is 0 Å². The van der Waals surface area contributed by atoms with Gasteiger partial charge in [-0.25, -0.2) is 0 Å². The number of aromatic nitrogens is 3. The van der Waals surface area contributed by atoms with Crippen LogP contribution < -0.4 is 0 Å². The van der Waals surface area contributed by atoms with Gasteiger partial charge in [0.1, 0.15) is 0 Å². The molecule has 0 spiro atoms. The molecule has 0 saturated carbocycles. The van der Waals surface area contributed by atoms with Gasteiger partial charge in [0, 0.05) is 49.4 Å². The normalized spacial score (nSPS) is 11.9. The predicted octanol–water partition coefficient (Wildman–Crippen LogP) is 14.3. The van der Waals surface area contributed by atoms with E-state index < -0.39 is 0 Å². The summed E-state index contributed by atoms with van der Waals surface area (Å²) < 4.78 is 7.23. The lowest BCUT2D eigenvalue weighted by Crippen LogP contribution is -1.98. The standard InChI is InChI=1S/C54H35N3/c1-2-14-36(15-3-1)37-16-12-17-40(32-37)55-51-26-10-6-22-45(51)47-33-38(28-30-53(47)55)39-29-31-54-48(34-39)46-23-7-11-27-52(46)57(54)42-19-13-18-41(35-42)56-49-24-8-4-20-43(49)44-21-5-9-25-50(44)56/h1-35H. The Hall–Kier alpha value is -7.62. The van der Waals surface area contributed by atoms with E-state index in [-0.39, 0.29) is 0 Å². The lowest BCUT2D eigenvalue weighted by atomic mass is 10.0. The summed E-state index contributed by atoms with van der Waals surface area (Å²) in [6, 6.07) is 77.4. The Morgan fingerprint density at radius 2 is 0.526 bits per heavy atom. The number of hydrogen-bond donors (Lipinski definition) is 0. The first-order valence-electron chi connectivity index (χ1n) is 19.6. The quantitative estimate of drug-likeness (QED) is 0.168. The molecule has 0 N–H and O–H groups in total. The van der Waals surface area contributed by atoms with Gasteiger partial charge >= 0.3 is 0 Å². The topological polar surface area (TPSA) is 14.8 Å². The molecule has 3 heterocycles. The first-order chi connectivity index (χ1) is 28.3. The Morgan fingerprint density at radius 1 is 0.193 bits per heavy atom. The third kappa shape index (κ3) is 4.86. The van der Waals surface area contributed by atoms with Crippen molar-refractivity contribution in [2.75, 3.05) is 0 Å². The molecular weight excluding hydrogens is 691 g/mol. The first kappa shape index (κ1) is 31.7. The van der Waals surface area contributed by atoms with Crippen LogP contribution in [0, 0.1) is 0 Å². The van der Waals surface area contributed by atoms with Gasteiger partial charge in [0.25, 0.3) is 0 Å². The Bertz CT molecular complexity index is 3470. The van der Waals surface area contributed by atoms with Crippen LogP contribution in [-0.2, 0) is 0 Å². The predicted molar refractivity (Wildman–Crippen MR) is 240 cm³/mol. The molecule has 9 aromatic carbocycles. The highest BCUT2D eigenvalue weighted by Gasteiger charge is 2.18. The maximum Gasteiger partial charge on any atom is 0.0541 e. The summed E-state index contributed by atoms with van der Waals surface area (Å²) in [6.07, 6.45) is 0. The second-order valence-electron chi connectivity index (χ2n) is 15.0.